The number of quaternary nitrogens is 1. The fourth-order valence-corrected chi connectivity index (χ4v) is 0.580. The SMILES string of the molecule is [2H]C([2H])([2H])[N+](C)(C)CCOC(C)(C)C. The second-order valence-corrected chi connectivity index (χ2v) is 4.37. The topological polar surface area (TPSA) is 9.23 Å². The summed E-state index contributed by atoms with van der Waals surface area (Å²) in [4.78, 5) is 0. The zero-order chi connectivity index (χ0) is 11.6. The highest BCUT2D eigenvalue weighted by Gasteiger charge is 2.12. The van der Waals surface area contributed by atoms with Crippen molar-refractivity contribution >= 4 is 0 Å². The van der Waals surface area contributed by atoms with Crippen LogP contribution in [0.1, 0.15) is 24.9 Å². The van der Waals surface area contributed by atoms with Gasteiger partial charge in [-0.1, -0.05) is 0 Å². The van der Waals surface area contributed by atoms with Crippen molar-refractivity contribution in [3.05, 3.63) is 0 Å². The average Bonchev–Trinajstić information content (AvgIpc) is 1.80. The Hall–Kier alpha value is -0.0800. The van der Waals surface area contributed by atoms with Gasteiger partial charge in [0.05, 0.1) is 37.4 Å². The van der Waals surface area contributed by atoms with Crippen LogP contribution in [-0.4, -0.2) is 44.3 Å². The van der Waals surface area contributed by atoms with Crippen LogP contribution in [0.4, 0.5) is 0 Å². The smallest absolute Gasteiger partial charge is 0.102 e. The lowest BCUT2D eigenvalue weighted by Gasteiger charge is -2.26. The maximum atomic E-state index is 7.32. The molecular weight excluding hydrogens is 138 g/mol. The van der Waals surface area contributed by atoms with E-state index in [0.29, 0.717) is 13.2 Å². The first-order valence-corrected chi connectivity index (χ1v) is 3.93. The minimum Gasteiger partial charge on any atom is -0.370 e. The molecule has 0 heterocycles. The van der Waals surface area contributed by atoms with Crippen molar-refractivity contribution in [1.82, 2.24) is 0 Å². The number of rotatable bonds is 3. The predicted octanol–water partition coefficient (Wildman–Crippen LogP) is 1.51. The van der Waals surface area contributed by atoms with Gasteiger partial charge in [-0.2, -0.15) is 0 Å². The first kappa shape index (κ1) is 6.44. The fourth-order valence-electron chi connectivity index (χ4n) is 0.580. The molecule has 0 spiro atoms. The van der Waals surface area contributed by atoms with E-state index in [1.165, 1.54) is 0 Å². The Morgan fingerprint density at radius 3 is 2.27 bits per heavy atom. The zero-order valence-corrected chi connectivity index (χ0v) is 8.27. The molecule has 0 aliphatic heterocycles. The summed E-state index contributed by atoms with van der Waals surface area (Å²) in [5, 5.41) is 0. The molecule has 0 bridgehead atoms. The third-order valence-electron chi connectivity index (χ3n) is 1.19. The lowest BCUT2D eigenvalue weighted by Crippen LogP contribution is -2.39. The normalized spacial score (nSPS) is 18.8. The van der Waals surface area contributed by atoms with Gasteiger partial charge in [0.25, 0.3) is 0 Å². The third-order valence-corrected chi connectivity index (χ3v) is 1.19. The minimum atomic E-state index is -1.97. The van der Waals surface area contributed by atoms with Crippen LogP contribution in [0.15, 0.2) is 0 Å². The molecule has 0 aliphatic carbocycles. The van der Waals surface area contributed by atoms with Gasteiger partial charge in [0.15, 0.2) is 0 Å². The zero-order valence-electron chi connectivity index (χ0n) is 11.3. The highest BCUT2D eigenvalue weighted by atomic mass is 16.5. The quantitative estimate of drug-likeness (QED) is 0.573. The number of likely N-dealkylation sites (N-methyl/N-ethyl adjacent to an activating group) is 1. The van der Waals surface area contributed by atoms with Crippen molar-refractivity contribution in [1.29, 1.82) is 0 Å². The van der Waals surface area contributed by atoms with Crippen LogP contribution in [0.25, 0.3) is 0 Å². The number of ether oxygens (including phenoxy) is 1. The molecule has 0 saturated heterocycles. The van der Waals surface area contributed by atoms with Gasteiger partial charge in [0, 0.05) is 0 Å². The fraction of sp³-hybridized carbons (Fsp3) is 1.00. The molecule has 0 aromatic rings. The van der Waals surface area contributed by atoms with E-state index in [1.54, 1.807) is 14.1 Å². The molecule has 68 valence electrons. The summed E-state index contributed by atoms with van der Waals surface area (Å²) >= 11 is 0. The van der Waals surface area contributed by atoms with E-state index in [9.17, 15) is 0 Å². The van der Waals surface area contributed by atoms with Crippen LogP contribution in [0.2, 0.25) is 0 Å². The highest BCUT2D eigenvalue weighted by Crippen LogP contribution is 2.06. The van der Waals surface area contributed by atoms with Gasteiger partial charge in [-0.05, 0) is 20.8 Å². The molecule has 0 atom stereocenters. The van der Waals surface area contributed by atoms with Crippen LogP contribution in [-0.2, 0) is 4.74 Å². The summed E-state index contributed by atoms with van der Waals surface area (Å²) in [6, 6.07) is 0. The van der Waals surface area contributed by atoms with Gasteiger partial charge in [-0.3, -0.25) is 0 Å². The Morgan fingerprint density at radius 1 is 1.36 bits per heavy atom. The Kier molecular flexibility index (Phi) is 2.08. The Bertz CT molecular complexity index is 181. The maximum Gasteiger partial charge on any atom is 0.102 e. The van der Waals surface area contributed by atoms with E-state index in [0.717, 1.165) is 0 Å². The molecule has 0 rings (SSSR count). The summed E-state index contributed by atoms with van der Waals surface area (Å²) in [5.74, 6) is 0. The third kappa shape index (κ3) is 9.92. The van der Waals surface area contributed by atoms with E-state index >= 15 is 0 Å². The average molecular weight is 163 g/mol. The van der Waals surface area contributed by atoms with Gasteiger partial charge < -0.3 is 9.22 Å². The van der Waals surface area contributed by atoms with Gasteiger partial charge >= 0.3 is 0 Å². The molecule has 2 nitrogen and oxygen atoms in total. The van der Waals surface area contributed by atoms with Gasteiger partial charge in [-0.15, -0.1) is 0 Å². The number of hydrogen-bond donors (Lipinski definition) is 0. The second-order valence-electron chi connectivity index (χ2n) is 4.37. The van der Waals surface area contributed by atoms with Crippen molar-refractivity contribution in [2.24, 2.45) is 0 Å². The summed E-state index contributed by atoms with van der Waals surface area (Å²) < 4.78 is 27.4. The highest BCUT2D eigenvalue weighted by molar-refractivity contribution is 4.57. The maximum absolute atomic E-state index is 7.32. The molecule has 0 aliphatic rings. The molecule has 2 heteroatoms. The van der Waals surface area contributed by atoms with Crippen LogP contribution in [0.5, 0.6) is 0 Å². The van der Waals surface area contributed by atoms with Gasteiger partial charge in [0.1, 0.15) is 6.54 Å². The molecular formula is C9H22NO+. The number of hydrogen-bond acceptors (Lipinski definition) is 1. The Morgan fingerprint density at radius 2 is 1.91 bits per heavy atom. The van der Waals surface area contributed by atoms with Gasteiger partial charge in [0.2, 0.25) is 0 Å². The molecule has 11 heavy (non-hydrogen) atoms. The Balaban J connectivity index is 4.02. The van der Waals surface area contributed by atoms with Crippen molar-refractivity contribution in [2.75, 3.05) is 34.2 Å². The van der Waals surface area contributed by atoms with Crippen LogP contribution in [0.3, 0.4) is 0 Å². The Labute approximate surface area is 75.0 Å². The lowest BCUT2D eigenvalue weighted by atomic mass is 10.2. The van der Waals surface area contributed by atoms with Crippen LogP contribution in [0, 0.1) is 0 Å². The number of nitrogens with zero attached hydrogens (tertiary/aromatic N) is 1. The van der Waals surface area contributed by atoms with Crippen LogP contribution < -0.4 is 0 Å². The first-order chi connectivity index (χ1) is 5.96. The van der Waals surface area contributed by atoms with Gasteiger partial charge in [-0.25, -0.2) is 0 Å². The standard InChI is InChI=1S/C9H22NO/c1-9(2,3)11-8-7-10(4,5)6/h7-8H2,1-6H3/q+1/i4D3. The van der Waals surface area contributed by atoms with E-state index in [1.807, 2.05) is 20.8 Å². The molecule has 0 fully saturated rings. The molecule has 0 radical (unpaired) electrons. The monoisotopic (exact) mass is 163 g/mol. The predicted molar refractivity (Wildman–Crippen MR) is 48.6 cm³/mol. The molecule has 0 aromatic carbocycles. The van der Waals surface area contributed by atoms with Crippen molar-refractivity contribution < 1.29 is 13.3 Å². The largest absolute Gasteiger partial charge is 0.370 e. The summed E-state index contributed by atoms with van der Waals surface area (Å²) in [6.45, 7) is 4.87. The summed E-state index contributed by atoms with van der Waals surface area (Å²) in [6.07, 6.45) is 0. The molecule has 0 aromatic heterocycles. The molecule has 0 saturated carbocycles. The van der Waals surface area contributed by atoms with Crippen molar-refractivity contribution in [2.45, 2.75) is 26.4 Å². The van der Waals surface area contributed by atoms with Crippen LogP contribution >= 0.6 is 0 Å². The summed E-state index contributed by atoms with van der Waals surface area (Å²) in [7, 11) is 3.39. The molecule has 0 unspecified atom stereocenters. The minimum absolute atomic E-state index is 0.0108. The second kappa shape index (κ2) is 3.55. The van der Waals surface area contributed by atoms with E-state index in [-0.39, 0.29) is 10.1 Å². The van der Waals surface area contributed by atoms with Crippen molar-refractivity contribution in [3.8, 4) is 0 Å². The summed E-state index contributed by atoms with van der Waals surface area (Å²) in [5.41, 5.74) is -0.200. The molecule has 0 amide bonds. The van der Waals surface area contributed by atoms with E-state index in [2.05, 4.69) is 0 Å². The first-order valence-electron chi connectivity index (χ1n) is 5.43. The van der Waals surface area contributed by atoms with E-state index in [4.69, 9.17) is 8.85 Å². The molecule has 0 N–H and O–H groups in total. The van der Waals surface area contributed by atoms with Crippen molar-refractivity contribution in [3.63, 3.8) is 0 Å². The lowest BCUT2D eigenvalue weighted by molar-refractivity contribution is -0.871. The van der Waals surface area contributed by atoms with E-state index < -0.39 is 6.98 Å².